The van der Waals surface area contributed by atoms with Crippen LogP contribution in [-0.2, 0) is 0 Å². The summed E-state index contributed by atoms with van der Waals surface area (Å²) in [6.07, 6.45) is 22.5. The predicted molar refractivity (Wildman–Crippen MR) is 159 cm³/mol. The van der Waals surface area contributed by atoms with Crippen molar-refractivity contribution in [2.24, 2.45) is 11.8 Å². The lowest BCUT2D eigenvalue weighted by Gasteiger charge is -2.58. The van der Waals surface area contributed by atoms with Crippen molar-refractivity contribution in [3.8, 4) is 5.75 Å². The second-order valence-electron chi connectivity index (χ2n) is 12.2. The summed E-state index contributed by atoms with van der Waals surface area (Å²) in [7, 11) is 1.70. The van der Waals surface area contributed by atoms with Gasteiger partial charge in [0.1, 0.15) is 17.9 Å². The van der Waals surface area contributed by atoms with Gasteiger partial charge in [-0.1, -0.05) is 77.2 Å². The molecule has 2 aromatic rings. The van der Waals surface area contributed by atoms with Crippen molar-refractivity contribution < 1.29 is 14.3 Å². The van der Waals surface area contributed by atoms with Gasteiger partial charge in [0.05, 0.1) is 32.3 Å². The van der Waals surface area contributed by atoms with E-state index in [2.05, 4.69) is 24.6 Å². The second kappa shape index (κ2) is 14.5. The molecule has 0 amide bonds. The molecule has 4 heterocycles. The fourth-order valence-corrected chi connectivity index (χ4v) is 7.50. The minimum atomic E-state index is -0.488. The van der Waals surface area contributed by atoms with E-state index in [0.29, 0.717) is 11.8 Å². The zero-order valence-corrected chi connectivity index (χ0v) is 24.3. The molecule has 0 aliphatic carbocycles. The van der Waals surface area contributed by atoms with E-state index in [9.17, 15) is 5.11 Å². The number of aliphatic hydroxyl groups excluding tert-OH is 1. The lowest BCUT2D eigenvalue weighted by molar-refractivity contribution is -0.973. The Morgan fingerprint density at radius 2 is 1.71 bits per heavy atom. The van der Waals surface area contributed by atoms with Crippen molar-refractivity contribution >= 4 is 10.9 Å². The number of aromatic nitrogens is 1. The fourth-order valence-electron chi connectivity index (χ4n) is 7.50. The molecule has 4 heteroatoms. The molecule has 2 bridgehead atoms. The van der Waals surface area contributed by atoms with Crippen LogP contribution in [0.5, 0.6) is 5.75 Å². The molecule has 1 N–H and O–H groups in total. The van der Waals surface area contributed by atoms with Crippen LogP contribution in [0.1, 0.15) is 108 Å². The third-order valence-corrected chi connectivity index (χ3v) is 9.80. The summed E-state index contributed by atoms with van der Waals surface area (Å²) in [5, 5.41) is 13.0. The fraction of sp³-hybridized carbons (Fsp3) is 0.676. The number of ether oxygens (including phenoxy) is 1. The summed E-state index contributed by atoms with van der Waals surface area (Å²) in [6, 6.07) is 8.27. The molecule has 0 radical (unpaired) electrons. The van der Waals surface area contributed by atoms with Gasteiger partial charge in [0.2, 0.25) is 0 Å². The first-order valence-electron chi connectivity index (χ1n) is 15.7. The van der Waals surface area contributed by atoms with Crippen molar-refractivity contribution in [1.82, 2.24) is 4.98 Å². The Morgan fingerprint density at radius 1 is 1.03 bits per heavy atom. The molecular weight excluding hydrogens is 468 g/mol. The molecule has 38 heavy (non-hydrogen) atoms. The normalized spacial score (nSPS) is 25.5. The van der Waals surface area contributed by atoms with Gasteiger partial charge in [0.15, 0.2) is 0 Å². The first-order chi connectivity index (χ1) is 18.6. The number of methoxy groups -OCH3 is 1. The largest absolute Gasteiger partial charge is 0.497 e. The van der Waals surface area contributed by atoms with Gasteiger partial charge in [-0.2, -0.15) is 0 Å². The third-order valence-electron chi connectivity index (χ3n) is 9.80. The Kier molecular flexibility index (Phi) is 11.1. The number of pyridine rings is 1. The molecule has 3 aliphatic heterocycles. The number of unbranched alkanes of at least 4 members (excludes halogenated alkanes) is 11. The number of rotatable bonds is 17. The average Bonchev–Trinajstić information content (AvgIpc) is 2.96. The number of quaternary nitrogens is 1. The van der Waals surface area contributed by atoms with E-state index in [-0.39, 0.29) is 6.04 Å². The number of aliphatic hydroxyl groups is 1. The zero-order chi connectivity index (χ0) is 26.8. The smallest absolute Gasteiger partial charge is 0.131 e. The van der Waals surface area contributed by atoms with Crippen molar-refractivity contribution in [2.45, 2.75) is 109 Å². The van der Waals surface area contributed by atoms with Gasteiger partial charge < -0.3 is 14.3 Å². The van der Waals surface area contributed by atoms with Crippen LogP contribution in [0.2, 0.25) is 0 Å². The number of nitrogens with zero attached hydrogens (tertiary/aromatic N) is 2. The zero-order valence-electron chi connectivity index (χ0n) is 24.3. The Bertz CT molecular complexity index is 1010. The number of fused-ring (bicyclic) bond motifs is 4. The van der Waals surface area contributed by atoms with E-state index >= 15 is 0 Å². The Hall–Kier alpha value is -1.91. The van der Waals surface area contributed by atoms with Gasteiger partial charge in [-0.15, -0.1) is 6.58 Å². The van der Waals surface area contributed by atoms with Crippen LogP contribution in [0.4, 0.5) is 0 Å². The Morgan fingerprint density at radius 3 is 2.37 bits per heavy atom. The van der Waals surface area contributed by atoms with Crippen LogP contribution in [0.25, 0.3) is 10.9 Å². The topological polar surface area (TPSA) is 42.4 Å². The van der Waals surface area contributed by atoms with Crippen LogP contribution in [0, 0.1) is 11.8 Å². The Balaban J connectivity index is 1.34. The van der Waals surface area contributed by atoms with Gasteiger partial charge in [-0.05, 0) is 48.6 Å². The molecule has 5 atom stereocenters. The molecule has 0 spiro atoms. The predicted octanol–water partition coefficient (Wildman–Crippen LogP) is 8.39. The standard InChI is InChI=1S/C34H53N2O2/c1-4-6-7-8-9-10-11-12-13-14-15-16-22-36-23-20-28(27(5-2)26-36)24-33(36)34(37)30-19-21-35-32-18-17-29(38-3)25-31(30)32/h5,17-19,21,25,27-28,33-34,37H,2,4,6-16,20,22-24,26H2,1,3H3/q+1/t27?,28?,33-,34-,36?/m0/s1. The van der Waals surface area contributed by atoms with Gasteiger partial charge >= 0.3 is 0 Å². The van der Waals surface area contributed by atoms with Crippen LogP contribution >= 0.6 is 0 Å². The van der Waals surface area contributed by atoms with Gasteiger partial charge in [-0.25, -0.2) is 0 Å². The second-order valence-corrected chi connectivity index (χ2v) is 12.2. The minimum absolute atomic E-state index is 0.245. The van der Waals surface area contributed by atoms with Gasteiger partial charge in [0.25, 0.3) is 0 Å². The van der Waals surface area contributed by atoms with Crippen molar-refractivity contribution in [1.29, 1.82) is 0 Å². The molecule has 4 nitrogen and oxygen atoms in total. The van der Waals surface area contributed by atoms with Gasteiger partial charge in [-0.3, -0.25) is 4.98 Å². The van der Waals surface area contributed by atoms with E-state index in [0.717, 1.165) is 39.7 Å². The summed E-state index contributed by atoms with van der Waals surface area (Å²) in [6.45, 7) is 10.0. The van der Waals surface area contributed by atoms with E-state index in [1.54, 1.807) is 7.11 Å². The summed E-state index contributed by atoms with van der Waals surface area (Å²) in [4.78, 5) is 4.56. The van der Waals surface area contributed by atoms with Crippen molar-refractivity contribution in [3.63, 3.8) is 0 Å². The highest BCUT2D eigenvalue weighted by atomic mass is 16.5. The average molecular weight is 522 g/mol. The number of hydrogen-bond acceptors (Lipinski definition) is 3. The molecular formula is C34H53N2O2+. The molecule has 3 fully saturated rings. The van der Waals surface area contributed by atoms with E-state index < -0.39 is 6.10 Å². The SMILES string of the molecule is C=CC1C[N+]2(CCCCCCCCCCCCCC)CCC1C[C@H]2[C@@H](O)c1ccnc2ccc(OC)cc12. The van der Waals surface area contributed by atoms with Crippen molar-refractivity contribution in [3.05, 3.63) is 48.7 Å². The molecule has 210 valence electrons. The molecule has 5 rings (SSSR count). The highest BCUT2D eigenvalue weighted by molar-refractivity contribution is 5.83. The maximum Gasteiger partial charge on any atom is 0.131 e. The number of hydrogen-bond donors (Lipinski definition) is 1. The quantitative estimate of drug-likeness (QED) is 0.129. The van der Waals surface area contributed by atoms with Crippen molar-refractivity contribution in [2.75, 3.05) is 26.7 Å². The third kappa shape index (κ3) is 6.99. The highest BCUT2D eigenvalue weighted by Gasteiger charge is 2.53. The monoisotopic (exact) mass is 521 g/mol. The molecule has 3 unspecified atom stereocenters. The Labute approximate surface area is 232 Å². The van der Waals surface area contributed by atoms with Crippen LogP contribution in [-0.4, -0.2) is 47.4 Å². The van der Waals surface area contributed by atoms with E-state index in [1.807, 2.05) is 30.5 Å². The summed E-state index contributed by atoms with van der Waals surface area (Å²) >= 11 is 0. The summed E-state index contributed by atoms with van der Waals surface area (Å²) in [5.74, 6) is 2.05. The maximum atomic E-state index is 11.9. The lowest BCUT2D eigenvalue weighted by atomic mass is 9.71. The van der Waals surface area contributed by atoms with E-state index in [4.69, 9.17) is 4.74 Å². The maximum absolute atomic E-state index is 11.9. The summed E-state index contributed by atoms with van der Waals surface area (Å²) < 4.78 is 6.56. The molecule has 1 aromatic carbocycles. The van der Waals surface area contributed by atoms with Crippen LogP contribution in [0.15, 0.2) is 43.1 Å². The number of benzene rings is 1. The minimum Gasteiger partial charge on any atom is -0.497 e. The summed E-state index contributed by atoms with van der Waals surface area (Å²) in [5.41, 5.74) is 1.93. The number of piperidine rings is 3. The lowest BCUT2D eigenvalue weighted by Crippen LogP contribution is -2.68. The first-order valence-corrected chi connectivity index (χ1v) is 15.7. The molecule has 1 aromatic heterocycles. The molecule has 0 saturated carbocycles. The van der Waals surface area contributed by atoms with Crippen LogP contribution < -0.4 is 4.74 Å². The molecule has 3 aliphatic rings. The van der Waals surface area contributed by atoms with Gasteiger partial charge in [0, 0.05) is 30.3 Å². The first kappa shape index (κ1) is 29.1. The van der Waals surface area contributed by atoms with Crippen LogP contribution in [0.3, 0.4) is 0 Å². The molecule has 3 saturated heterocycles. The highest BCUT2D eigenvalue weighted by Crippen LogP contribution is 2.47. The van der Waals surface area contributed by atoms with E-state index in [1.165, 1.54) is 96.6 Å².